The lowest BCUT2D eigenvalue weighted by Gasteiger charge is -1.99. The van der Waals surface area contributed by atoms with Gasteiger partial charge in [-0.3, -0.25) is 0 Å². The fraction of sp³-hybridized carbons (Fsp3) is 0.500. The van der Waals surface area contributed by atoms with Crippen LogP contribution in [0, 0.1) is 0 Å². The van der Waals surface area contributed by atoms with E-state index in [1.54, 1.807) is 0 Å². The summed E-state index contributed by atoms with van der Waals surface area (Å²) in [6.07, 6.45) is 2.45. The number of hydrogen-bond donors (Lipinski definition) is 1. The van der Waals surface area contributed by atoms with E-state index in [1.165, 1.54) is 5.56 Å². The summed E-state index contributed by atoms with van der Waals surface area (Å²) in [7, 11) is 0. The fourth-order valence-corrected chi connectivity index (χ4v) is 2.21. The largest absolute Gasteiger partial charge is 0.396 e. The Morgan fingerprint density at radius 1 is 1.50 bits per heavy atom. The summed E-state index contributed by atoms with van der Waals surface area (Å²) in [5, 5.41) is 8.68. The highest BCUT2D eigenvalue weighted by Gasteiger charge is 2.13. The second-order valence-corrected chi connectivity index (χ2v) is 3.71. The highest BCUT2D eigenvalue weighted by atomic mass is 32.2. The van der Waals surface area contributed by atoms with Crippen LogP contribution in [-0.4, -0.2) is 21.7 Å². The Bertz CT molecular complexity index is 290. The lowest BCUT2D eigenvalue weighted by molar-refractivity contribution is 0.296. The smallest absolute Gasteiger partial charge is 0.130 e. The van der Waals surface area contributed by atoms with Gasteiger partial charge in [-0.2, -0.15) is 11.8 Å². The van der Waals surface area contributed by atoms with Crippen molar-refractivity contribution in [3.05, 3.63) is 23.3 Å². The van der Waals surface area contributed by atoms with E-state index in [0.29, 0.717) is 6.42 Å². The van der Waals surface area contributed by atoms with Crippen molar-refractivity contribution < 1.29 is 5.11 Å². The van der Waals surface area contributed by atoms with Gasteiger partial charge in [0.2, 0.25) is 0 Å². The normalized spacial score (nSPS) is 14.8. The molecule has 12 heavy (non-hydrogen) atoms. The van der Waals surface area contributed by atoms with Gasteiger partial charge in [0.25, 0.3) is 0 Å². The zero-order chi connectivity index (χ0) is 8.39. The highest BCUT2D eigenvalue weighted by Crippen LogP contribution is 2.27. The molecule has 4 heteroatoms. The van der Waals surface area contributed by atoms with E-state index in [-0.39, 0.29) is 6.61 Å². The van der Waals surface area contributed by atoms with Crippen molar-refractivity contribution in [2.24, 2.45) is 0 Å². The third kappa shape index (κ3) is 1.44. The van der Waals surface area contributed by atoms with E-state index < -0.39 is 0 Å². The summed E-state index contributed by atoms with van der Waals surface area (Å²) in [5.74, 6) is 2.80. The standard InChI is InChI=1S/C8H10N2OS/c11-2-1-8-9-3-6-4-12-5-7(6)10-8/h3,11H,1-2,4-5H2. The van der Waals surface area contributed by atoms with Crippen LogP contribution in [0.25, 0.3) is 0 Å². The molecule has 0 amide bonds. The van der Waals surface area contributed by atoms with E-state index in [0.717, 1.165) is 23.0 Å². The third-order valence-electron chi connectivity index (χ3n) is 1.84. The summed E-state index contributed by atoms with van der Waals surface area (Å²) in [5.41, 5.74) is 2.40. The Morgan fingerprint density at radius 3 is 3.25 bits per heavy atom. The van der Waals surface area contributed by atoms with Crippen LogP contribution in [0.1, 0.15) is 17.1 Å². The maximum atomic E-state index is 8.68. The minimum Gasteiger partial charge on any atom is -0.396 e. The molecule has 0 saturated heterocycles. The lowest BCUT2D eigenvalue weighted by atomic mass is 10.3. The summed E-state index contributed by atoms with van der Waals surface area (Å²) in [6.45, 7) is 0.131. The average Bonchev–Trinajstić information content (AvgIpc) is 2.51. The van der Waals surface area contributed by atoms with E-state index in [9.17, 15) is 0 Å². The van der Waals surface area contributed by atoms with Crippen LogP contribution in [0.3, 0.4) is 0 Å². The van der Waals surface area contributed by atoms with Gasteiger partial charge in [0, 0.05) is 29.7 Å². The first-order chi connectivity index (χ1) is 5.90. The van der Waals surface area contributed by atoms with Crippen molar-refractivity contribution in [2.45, 2.75) is 17.9 Å². The molecule has 1 N–H and O–H groups in total. The molecule has 0 radical (unpaired) electrons. The molecule has 64 valence electrons. The molecule has 2 rings (SSSR count). The van der Waals surface area contributed by atoms with E-state index in [1.807, 2.05) is 18.0 Å². The van der Waals surface area contributed by atoms with Gasteiger partial charge >= 0.3 is 0 Å². The lowest BCUT2D eigenvalue weighted by Crippen LogP contribution is -2.01. The van der Waals surface area contributed by atoms with Gasteiger partial charge < -0.3 is 5.11 Å². The molecule has 0 fully saturated rings. The van der Waals surface area contributed by atoms with Gasteiger partial charge in [0.1, 0.15) is 5.82 Å². The van der Waals surface area contributed by atoms with Crippen molar-refractivity contribution in [1.82, 2.24) is 9.97 Å². The molecule has 0 saturated carbocycles. The monoisotopic (exact) mass is 182 g/mol. The number of aromatic nitrogens is 2. The summed E-state index contributed by atoms with van der Waals surface area (Å²) in [4.78, 5) is 8.51. The number of nitrogens with zero attached hydrogens (tertiary/aromatic N) is 2. The molecule has 0 bridgehead atoms. The predicted octanol–water partition coefficient (Wildman–Crippen LogP) is 0.758. The maximum Gasteiger partial charge on any atom is 0.130 e. The topological polar surface area (TPSA) is 46.0 Å². The molecule has 0 spiro atoms. The van der Waals surface area contributed by atoms with Crippen LogP contribution >= 0.6 is 11.8 Å². The average molecular weight is 182 g/mol. The van der Waals surface area contributed by atoms with Crippen LogP contribution in [0.5, 0.6) is 0 Å². The van der Waals surface area contributed by atoms with Gasteiger partial charge in [0.15, 0.2) is 0 Å². The molecule has 1 aromatic heterocycles. The Hall–Kier alpha value is -0.610. The molecule has 0 aliphatic carbocycles. The number of fused-ring (bicyclic) bond motifs is 1. The minimum absolute atomic E-state index is 0.131. The SMILES string of the molecule is OCCc1ncc2c(n1)CSC2. The molecule has 3 nitrogen and oxygen atoms in total. The van der Waals surface area contributed by atoms with E-state index in [4.69, 9.17) is 5.11 Å². The molecular formula is C8H10N2OS. The van der Waals surface area contributed by atoms with Crippen molar-refractivity contribution in [2.75, 3.05) is 6.61 Å². The van der Waals surface area contributed by atoms with Crippen LogP contribution < -0.4 is 0 Å². The molecule has 1 aliphatic heterocycles. The van der Waals surface area contributed by atoms with Crippen LogP contribution in [0.4, 0.5) is 0 Å². The van der Waals surface area contributed by atoms with Crippen molar-refractivity contribution in [3.8, 4) is 0 Å². The van der Waals surface area contributed by atoms with Gasteiger partial charge in [0.05, 0.1) is 12.3 Å². The molecule has 0 unspecified atom stereocenters. The van der Waals surface area contributed by atoms with Gasteiger partial charge in [-0.15, -0.1) is 0 Å². The van der Waals surface area contributed by atoms with Gasteiger partial charge in [-0.1, -0.05) is 0 Å². The summed E-state index contributed by atoms with van der Waals surface area (Å²) in [6, 6.07) is 0. The Labute approximate surface area is 75.2 Å². The van der Waals surface area contributed by atoms with Crippen molar-refractivity contribution in [1.29, 1.82) is 0 Å². The minimum atomic E-state index is 0.131. The zero-order valence-electron chi connectivity index (χ0n) is 6.66. The van der Waals surface area contributed by atoms with Crippen LogP contribution in [0.2, 0.25) is 0 Å². The first-order valence-electron chi connectivity index (χ1n) is 3.92. The number of rotatable bonds is 2. The second-order valence-electron chi connectivity index (χ2n) is 2.72. The molecule has 2 heterocycles. The third-order valence-corrected chi connectivity index (χ3v) is 2.83. The number of aliphatic hydroxyl groups is 1. The van der Waals surface area contributed by atoms with Crippen LogP contribution in [0.15, 0.2) is 6.20 Å². The molecular weight excluding hydrogens is 172 g/mol. The van der Waals surface area contributed by atoms with Crippen molar-refractivity contribution in [3.63, 3.8) is 0 Å². The van der Waals surface area contributed by atoms with Crippen LogP contribution in [-0.2, 0) is 17.9 Å². The Balaban J connectivity index is 2.26. The number of aliphatic hydroxyl groups excluding tert-OH is 1. The fourth-order valence-electron chi connectivity index (χ4n) is 1.21. The number of hydrogen-bond acceptors (Lipinski definition) is 4. The quantitative estimate of drug-likeness (QED) is 0.733. The zero-order valence-corrected chi connectivity index (χ0v) is 7.47. The maximum absolute atomic E-state index is 8.68. The van der Waals surface area contributed by atoms with Gasteiger partial charge in [-0.25, -0.2) is 9.97 Å². The predicted molar refractivity (Wildman–Crippen MR) is 47.8 cm³/mol. The Morgan fingerprint density at radius 2 is 2.42 bits per heavy atom. The summed E-state index contributed by atoms with van der Waals surface area (Å²) >= 11 is 1.86. The first kappa shape index (κ1) is 8.01. The molecule has 1 aliphatic rings. The van der Waals surface area contributed by atoms with Gasteiger partial charge in [-0.05, 0) is 0 Å². The summed E-state index contributed by atoms with van der Waals surface area (Å²) < 4.78 is 0. The second kappa shape index (κ2) is 3.41. The molecule has 0 atom stereocenters. The van der Waals surface area contributed by atoms with Crippen molar-refractivity contribution >= 4 is 11.8 Å². The van der Waals surface area contributed by atoms with E-state index >= 15 is 0 Å². The first-order valence-corrected chi connectivity index (χ1v) is 5.08. The molecule has 1 aromatic rings. The Kier molecular flexibility index (Phi) is 2.28. The number of thioether (sulfide) groups is 1. The molecule has 0 aromatic carbocycles. The highest BCUT2D eigenvalue weighted by molar-refractivity contribution is 7.98. The van der Waals surface area contributed by atoms with E-state index in [2.05, 4.69) is 9.97 Å².